The minimum absolute atomic E-state index is 0.0313. The summed E-state index contributed by atoms with van der Waals surface area (Å²) in [7, 11) is 0. The van der Waals surface area contributed by atoms with Crippen LogP contribution in [0.3, 0.4) is 0 Å². The second-order valence-electron chi connectivity index (χ2n) is 8.36. The first kappa shape index (κ1) is 22.9. The van der Waals surface area contributed by atoms with E-state index >= 15 is 0 Å². The van der Waals surface area contributed by atoms with Gasteiger partial charge in [0, 0.05) is 11.3 Å². The molecule has 0 radical (unpaired) electrons. The van der Waals surface area contributed by atoms with E-state index in [9.17, 15) is 9.59 Å². The molecule has 0 aliphatic carbocycles. The zero-order valence-corrected chi connectivity index (χ0v) is 18.0. The van der Waals surface area contributed by atoms with Crippen molar-refractivity contribution in [3.05, 3.63) is 58.8 Å². The van der Waals surface area contributed by atoms with Gasteiger partial charge in [-0.25, -0.2) is 4.79 Å². The zero-order chi connectivity index (χ0) is 20.8. The van der Waals surface area contributed by atoms with Gasteiger partial charge in [0.05, 0.1) is 4.88 Å². The Morgan fingerprint density at radius 1 is 1.19 bits per heavy atom. The molecule has 1 atom stereocenters. The fourth-order valence-electron chi connectivity index (χ4n) is 2.27. The molecule has 0 aliphatic rings. The van der Waals surface area contributed by atoms with Crippen LogP contribution in [0, 0.1) is 0 Å². The van der Waals surface area contributed by atoms with Crippen molar-refractivity contribution < 1.29 is 14.3 Å². The fraction of sp³-hybridized carbons (Fsp3) is 0.455. The van der Waals surface area contributed by atoms with Gasteiger partial charge >= 0.3 is 5.97 Å². The molecule has 0 bridgehead atoms. The lowest BCUT2D eigenvalue weighted by molar-refractivity contribution is -0.157. The summed E-state index contributed by atoms with van der Waals surface area (Å²) in [6.07, 6.45) is 5.32. The Hall–Kier alpha value is -2.14. The van der Waals surface area contributed by atoms with Gasteiger partial charge in [-0.1, -0.05) is 52.2 Å². The first-order chi connectivity index (χ1) is 12.4. The quantitative estimate of drug-likeness (QED) is 0.517. The van der Waals surface area contributed by atoms with Gasteiger partial charge in [0.25, 0.3) is 5.91 Å². The average Bonchev–Trinajstić information content (AvgIpc) is 3.02. The number of allylic oxidation sites excluding steroid dienone is 3. The predicted octanol–water partition coefficient (Wildman–Crippen LogP) is 5.17. The van der Waals surface area contributed by atoms with Crippen molar-refractivity contribution in [2.75, 3.05) is 0 Å². The number of carbonyl (C=O) groups excluding carboxylic acids is 2. The lowest BCUT2D eigenvalue weighted by Gasteiger charge is -2.24. The molecule has 0 spiro atoms. The van der Waals surface area contributed by atoms with Gasteiger partial charge in [-0.15, -0.1) is 11.3 Å². The van der Waals surface area contributed by atoms with E-state index in [1.54, 1.807) is 45.1 Å². The summed E-state index contributed by atoms with van der Waals surface area (Å²) in [5.41, 5.74) is 0.123. The van der Waals surface area contributed by atoms with Crippen molar-refractivity contribution >= 4 is 23.2 Å². The maximum Gasteiger partial charge on any atom is 0.329 e. The Morgan fingerprint density at radius 2 is 1.81 bits per heavy atom. The number of thiophene rings is 1. The molecule has 5 heteroatoms. The molecule has 1 unspecified atom stereocenters. The van der Waals surface area contributed by atoms with Gasteiger partial charge in [0.2, 0.25) is 0 Å². The third kappa shape index (κ3) is 7.55. The van der Waals surface area contributed by atoms with E-state index in [1.165, 1.54) is 11.3 Å². The van der Waals surface area contributed by atoms with Crippen LogP contribution in [-0.2, 0) is 14.9 Å². The molecule has 1 amide bonds. The molecule has 0 aliphatic heterocycles. The van der Waals surface area contributed by atoms with Crippen LogP contribution in [0.4, 0.5) is 0 Å². The second kappa shape index (κ2) is 9.18. The number of ether oxygens (including phenoxy) is 1. The lowest BCUT2D eigenvalue weighted by Crippen LogP contribution is -2.44. The van der Waals surface area contributed by atoms with Crippen LogP contribution in [0.1, 0.15) is 62.5 Å². The Morgan fingerprint density at radius 3 is 2.26 bits per heavy atom. The van der Waals surface area contributed by atoms with E-state index in [4.69, 9.17) is 4.74 Å². The molecule has 0 aromatic carbocycles. The highest BCUT2D eigenvalue weighted by molar-refractivity contribution is 7.14. The Labute approximate surface area is 167 Å². The topological polar surface area (TPSA) is 55.4 Å². The van der Waals surface area contributed by atoms with Gasteiger partial charge in [0.1, 0.15) is 11.6 Å². The number of nitrogens with one attached hydrogen (secondary N) is 1. The summed E-state index contributed by atoms with van der Waals surface area (Å²) in [6.45, 7) is 19.1. The number of hydrogen-bond acceptors (Lipinski definition) is 4. The van der Waals surface area contributed by atoms with Gasteiger partial charge in [-0.3, -0.25) is 4.79 Å². The molecular weight excluding hydrogens is 358 g/mol. The van der Waals surface area contributed by atoms with Gasteiger partial charge in [-0.05, 0) is 43.9 Å². The van der Waals surface area contributed by atoms with Crippen molar-refractivity contribution in [1.29, 1.82) is 0 Å². The van der Waals surface area contributed by atoms with Gasteiger partial charge < -0.3 is 10.1 Å². The molecule has 1 aromatic heterocycles. The van der Waals surface area contributed by atoms with Crippen LogP contribution in [-0.4, -0.2) is 23.5 Å². The van der Waals surface area contributed by atoms with Crippen molar-refractivity contribution in [2.45, 2.75) is 65.0 Å². The van der Waals surface area contributed by atoms with Gasteiger partial charge in [-0.2, -0.15) is 0 Å². The number of esters is 1. The molecule has 148 valence electrons. The number of amides is 1. The minimum Gasteiger partial charge on any atom is -0.458 e. The highest BCUT2D eigenvalue weighted by atomic mass is 32.1. The molecule has 1 N–H and O–H groups in total. The van der Waals surface area contributed by atoms with Crippen LogP contribution < -0.4 is 5.32 Å². The van der Waals surface area contributed by atoms with Gasteiger partial charge in [0.15, 0.2) is 0 Å². The number of rotatable bonds is 7. The maximum absolute atomic E-state index is 12.7. The third-order valence-corrected chi connectivity index (χ3v) is 5.11. The third-order valence-electron chi connectivity index (χ3n) is 3.60. The minimum atomic E-state index is -0.805. The van der Waals surface area contributed by atoms with Crippen molar-refractivity contribution in [3.63, 3.8) is 0 Å². The zero-order valence-electron chi connectivity index (χ0n) is 17.2. The summed E-state index contributed by atoms with van der Waals surface area (Å²) in [4.78, 5) is 27.0. The molecule has 0 saturated carbocycles. The Kier molecular flexibility index (Phi) is 7.78. The molecular formula is C22H31NO3S. The van der Waals surface area contributed by atoms with Crippen LogP contribution in [0.2, 0.25) is 0 Å². The first-order valence-electron chi connectivity index (χ1n) is 8.95. The lowest BCUT2D eigenvalue weighted by atomic mass is 9.95. The Bertz CT molecular complexity index is 729. The highest BCUT2D eigenvalue weighted by Crippen LogP contribution is 2.29. The monoisotopic (exact) mass is 389 g/mol. The molecule has 0 fully saturated rings. The first-order valence-corrected chi connectivity index (χ1v) is 9.77. The normalized spacial score (nSPS) is 13.6. The van der Waals surface area contributed by atoms with Crippen LogP contribution in [0.25, 0.3) is 0 Å². The molecule has 0 saturated heterocycles. The van der Waals surface area contributed by atoms with Crippen LogP contribution >= 0.6 is 11.3 Å². The van der Waals surface area contributed by atoms with E-state index in [1.807, 2.05) is 6.07 Å². The van der Waals surface area contributed by atoms with Crippen LogP contribution in [0.5, 0.6) is 0 Å². The maximum atomic E-state index is 12.7. The molecule has 1 heterocycles. The molecule has 4 nitrogen and oxygen atoms in total. The summed E-state index contributed by atoms with van der Waals surface area (Å²) in [5.74, 6) is -0.756. The highest BCUT2D eigenvalue weighted by Gasteiger charge is 2.28. The summed E-state index contributed by atoms with van der Waals surface area (Å²) < 4.78 is 5.48. The average molecular weight is 390 g/mol. The number of carbonyl (C=O) groups is 2. The smallest absolute Gasteiger partial charge is 0.329 e. The van der Waals surface area contributed by atoms with Crippen molar-refractivity contribution in [2.24, 2.45) is 0 Å². The largest absolute Gasteiger partial charge is 0.458 e. The fourth-order valence-corrected chi connectivity index (χ4v) is 3.23. The van der Waals surface area contributed by atoms with E-state index in [0.717, 1.165) is 10.5 Å². The van der Waals surface area contributed by atoms with E-state index in [0.29, 0.717) is 4.88 Å². The van der Waals surface area contributed by atoms with Crippen LogP contribution in [0.15, 0.2) is 49.1 Å². The second-order valence-corrected chi connectivity index (χ2v) is 9.44. The van der Waals surface area contributed by atoms with Crippen molar-refractivity contribution in [3.8, 4) is 0 Å². The predicted molar refractivity (Wildman–Crippen MR) is 113 cm³/mol. The van der Waals surface area contributed by atoms with E-state index < -0.39 is 17.6 Å². The molecule has 1 rings (SSSR count). The van der Waals surface area contributed by atoms with Crippen molar-refractivity contribution in [1.82, 2.24) is 5.32 Å². The molecule has 1 aromatic rings. The SMILES string of the molecule is C=CC=C(C=C)CC(NC(=O)c1ccc(C(C)(C)C)s1)C(=O)OC(C)(C)C. The summed E-state index contributed by atoms with van der Waals surface area (Å²) in [5, 5.41) is 2.82. The summed E-state index contributed by atoms with van der Waals surface area (Å²) >= 11 is 1.43. The van der Waals surface area contributed by atoms with E-state index in [-0.39, 0.29) is 17.7 Å². The molecule has 27 heavy (non-hydrogen) atoms. The standard InChI is InChI=1S/C22H31NO3S/c1-9-11-15(10-2)14-16(20(25)26-22(6,7)8)23-19(24)17-12-13-18(27-17)21(3,4)5/h9-13,16H,1-2,14H2,3-8H3,(H,23,24). The number of hydrogen-bond donors (Lipinski definition) is 1. The Balaban J connectivity index is 3.04. The summed E-state index contributed by atoms with van der Waals surface area (Å²) in [6, 6.07) is 2.94. The van der Waals surface area contributed by atoms with E-state index in [2.05, 4.69) is 39.2 Å².